The number of hydrogen-bond acceptors (Lipinski definition) is 4. The molecule has 1 aliphatic rings. The predicted molar refractivity (Wildman–Crippen MR) is 90.1 cm³/mol. The summed E-state index contributed by atoms with van der Waals surface area (Å²) >= 11 is 0. The van der Waals surface area contributed by atoms with E-state index in [0.29, 0.717) is 12.2 Å². The molecule has 6 nitrogen and oxygen atoms in total. The monoisotopic (exact) mass is 340 g/mol. The van der Waals surface area contributed by atoms with E-state index in [4.69, 9.17) is 4.74 Å². The van der Waals surface area contributed by atoms with Crippen LogP contribution < -0.4 is 9.62 Å². The van der Waals surface area contributed by atoms with Gasteiger partial charge >= 0.3 is 0 Å². The molecule has 1 atom stereocenters. The molecular formula is C16H24N2O4S. The Hall–Kier alpha value is -1.60. The molecule has 1 aliphatic heterocycles. The minimum absolute atomic E-state index is 0.0340. The van der Waals surface area contributed by atoms with Gasteiger partial charge in [-0.1, -0.05) is 17.7 Å². The summed E-state index contributed by atoms with van der Waals surface area (Å²) in [6, 6.07) is 5.47. The average Bonchev–Trinajstić information content (AvgIpc) is 2.95. The molecule has 1 aromatic rings. The fourth-order valence-electron chi connectivity index (χ4n) is 2.69. The average molecular weight is 340 g/mol. The van der Waals surface area contributed by atoms with Crippen LogP contribution in [0.3, 0.4) is 0 Å². The highest BCUT2D eigenvalue weighted by atomic mass is 32.2. The lowest BCUT2D eigenvalue weighted by Gasteiger charge is -2.24. The van der Waals surface area contributed by atoms with Gasteiger partial charge in [0.05, 0.1) is 18.0 Å². The van der Waals surface area contributed by atoms with E-state index in [1.165, 1.54) is 0 Å². The molecule has 0 spiro atoms. The maximum atomic E-state index is 12.1. The largest absolute Gasteiger partial charge is 0.376 e. The second-order valence-corrected chi connectivity index (χ2v) is 7.91. The first-order chi connectivity index (χ1) is 10.8. The summed E-state index contributed by atoms with van der Waals surface area (Å²) in [7, 11) is -3.54. The molecule has 23 heavy (non-hydrogen) atoms. The first kappa shape index (κ1) is 17.7. The first-order valence-corrected chi connectivity index (χ1v) is 9.55. The van der Waals surface area contributed by atoms with Crippen molar-refractivity contribution in [3.63, 3.8) is 0 Å². The van der Waals surface area contributed by atoms with Crippen LogP contribution in [0.25, 0.3) is 0 Å². The SMILES string of the molecule is Cc1ccc(N(CC(=O)NCC2CCCO2)S(C)(=O)=O)c(C)c1. The number of amides is 1. The third-order valence-electron chi connectivity index (χ3n) is 3.86. The summed E-state index contributed by atoms with van der Waals surface area (Å²) in [6.07, 6.45) is 3.07. The van der Waals surface area contributed by atoms with Gasteiger partial charge in [-0.25, -0.2) is 8.42 Å². The van der Waals surface area contributed by atoms with Gasteiger partial charge in [0.25, 0.3) is 0 Å². The van der Waals surface area contributed by atoms with Crippen molar-refractivity contribution in [1.82, 2.24) is 5.32 Å². The van der Waals surface area contributed by atoms with Crippen LogP contribution in [0.2, 0.25) is 0 Å². The molecule has 2 rings (SSSR count). The summed E-state index contributed by atoms with van der Waals surface area (Å²) in [5.74, 6) is -0.328. The van der Waals surface area contributed by atoms with Gasteiger partial charge in [-0.05, 0) is 38.3 Å². The van der Waals surface area contributed by atoms with Crippen molar-refractivity contribution in [2.24, 2.45) is 0 Å². The minimum atomic E-state index is -3.54. The standard InChI is InChI=1S/C16H24N2O4S/c1-12-6-7-15(13(2)9-12)18(23(3,20)21)11-16(19)17-10-14-5-4-8-22-14/h6-7,9,14H,4-5,8,10-11H2,1-3H3,(H,17,19). The predicted octanol–water partition coefficient (Wildman–Crippen LogP) is 1.36. The molecule has 1 fully saturated rings. The zero-order valence-corrected chi connectivity index (χ0v) is 14.6. The van der Waals surface area contributed by atoms with E-state index in [1.807, 2.05) is 26.0 Å². The van der Waals surface area contributed by atoms with E-state index in [2.05, 4.69) is 5.32 Å². The van der Waals surface area contributed by atoms with Crippen molar-refractivity contribution in [1.29, 1.82) is 0 Å². The van der Waals surface area contributed by atoms with E-state index >= 15 is 0 Å². The van der Waals surface area contributed by atoms with Crippen LogP contribution in [-0.4, -0.2) is 46.4 Å². The summed E-state index contributed by atoms with van der Waals surface area (Å²) in [6.45, 7) is 4.69. The van der Waals surface area contributed by atoms with Crippen LogP contribution in [-0.2, 0) is 19.6 Å². The number of carbonyl (C=O) groups excluding carboxylic acids is 1. The third kappa shape index (κ3) is 4.94. The van der Waals surface area contributed by atoms with Gasteiger partial charge in [-0.3, -0.25) is 9.10 Å². The quantitative estimate of drug-likeness (QED) is 0.848. The highest BCUT2D eigenvalue weighted by molar-refractivity contribution is 7.92. The molecule has 1 N–H and O–H groups in total. The Morgan fingerprint density at radius 3 is 2.70 bits per heavy atom. The summed E-state index contributed by atoms with van der Waals surface area (Å²) < 4.78 is 30.8. The molecule has 0 bridgehead atoms. The van der Waals surface area contributed by atoms with Crippen molar-refractivity contribution in [3.05, 3.63) is 29.3 Å². The van der Waals surface area contributed by atoms with Crippen LogP contribution in [0, 0.1) is 13.8 Å². The van der Waals surface area contributed by atoms with Gasteiger partial charge in [0, 0.05) is 13.2 Å². The Kier molecular flexibility index (Phi) is 5.64. The van der Waals surface area contributed by atoms with Crippen LogP contribution in [0.5, 0.6) is 0 Å². The zero-order valence-electron chi connectivity index (χ0n) is 13.8. The highest BCUT2D eigenvalue weighted by Crippen LogP contribution is 2.23. The molecule has 7 heteroatoms. The fourth-order valence-corrected chi connectivity index (χ4v) is 3.60. The molecule has 0 aromatic heterocycles. The molecule has 1 saturated heterocycles. The normalized spacial score (nSPS) is 18.0. The molecule has 1 amide bonds. The van der Waals surface area contributed by atoms with Gasteiger partial charge in [-0.15, -0.1) is 0 Å². The number of nitrogens with one attached hydrogen (secondary N) is 1. The molecular weight excluding hydrogens is 316 g/mol. The summed E-state index contributed by atoms with van der Waals surface area (Å²) in [4.78, 5) is 12.1. The second-order valence-electron chi connectivity index (χ2n) is 6.00. The summed E-state index contributed by atoms with van der Waals surface area (Å²) in [5.41, 5.74) is 2.40. The van der Waals surface area contributed by atoms with E-state index < -0.39 is 10.0 Å². The lowest BCUT2D eigenvalue weighted by atomic mass is 10.1. The maximum Gasteiger partial charge on any atom is 0.240 e. The van der Waals surface area contributed by atoms with E-state index in [0.717, 1.165) is 41.1 Å². The Labute approximate surface area is 137 Å². The number of aryl methyl sites for hydroxylation is 2. The van der Waals surface area contributed by atoms with Gasteiger partial charge in [-0.2, -0.15) is 0 Å². The van der Waals surface area contributed by atoms with Crippen molar-refractivity contribution in [2.45, 2.75) is 32.8 Å². The first-order valence-electron chi connectivity index (χ1n) is 7.70. The lowest BCUT2D eigenvalue weighted by Crippen LogP contribution is -2.42. The fraction of sp³-hybridized carbons (Fsp3) is 0.562. The number of hydrogen-bond donors (Lipinski definition) is 1. The van der Waals surface area contributed by atoms with Crippen molar-refractivity contribution in [3.8, 4) is 0 Å². The van der Waals surface area contributed by atoms with Crippen LogP contribution >= 0.6 is 0 Å². The van der Waals surface area contributed by atoms with Crippen molar-refractivity contribution in [2.75, 3.05) is 30.3 Å². The number of anilines is 1. The maximum absolute atomic E-state index is 12.1. The topological polar surface area (TPSA) is 75.7 Å². The van der Waals surface area contributed by atoms with Crippen LogP contribution in [0.15, 0.2) is 18.2 Å². The van der Waals surface area contributed by atoms with Crippen LogP contribution in [0.1, 0.15) is 24.0 Å². The zero-order chi connectivity index (χ0) is 17.0. The minimum Gasteiger partial charge on any atom is -0.376 e. The number of carbonyl (C=O) groups is 1. The number of ether oxygens (including phenoxy) is 1. The van der Waals surface area contributed by atoms with Crippen molar-refractivity contribution < 1.29 is 17.9 Å². The number of sulfonamides is 1. The molecule has 0 saturated carbocycles. The number of rotatable bonds is 6. The van der Waals surface area contributed by atoms with Gasteiger partial charge in [0.15, 0.2) is 0 Å². The van der Waals surface area contributed by atoms with Gasteiger partial charge in [0.2, 0.25) is 15.9 Å². The number of nitrogens with zero attached hydrogens (tertiary/aromatic N) is 1. The Bertz CT molecular complexity index is 667. The van der Waals surface area contributed by atoms with E-state index in [1.54, 1.807) is 6.07 Å². The molecule has 0 radical (unpaired) electrons. The molecule has 0 aliphatic carbocycles. The third-order valence-corrected chi connectivity index (χ3v) is 4.99. The second kappa shape index (κ2) is 7.31. The Balaban J connectivity index is 2.08. The smallest absolute Gasteiger partial charge is 0.240 e. The summed E-state index contributed by atoms with van der Waals surface area (Å²) in [5, 5.41) is 2.76. The lowest BCUT2D eigenvalue weighted by molar-refractivity contribution is -0.120. The van der Waals surface area contributed by atoms with E-state index in [-0.39, 0.29) is 18.6 Å². The van der Waals surface area contributed by atoms with E-state index in [9.17, 15) is 13.2 Å². The number of benzene rings is 1. The molecule has 1 heterocycles. The molecule has 1 aromatic carbocycles. The highest BCUT2D eigenvalue weighted by Gasteiger charge is 2.23. The molecule has 128 valence electrons. The molecule has 1 unspecified atom stereocenters. The van der Waals surface area contributed by atoms with Gasteiger partial charge < -0.3 is 10.1 Å². The van der Waals surface area contributed by atoms with Crippen LogP contribution in [0.4, 0.5) is 5.69 Å². The Morgan fingerprint density at radius 1 is 1.39 bits per heavy atom. The Morgan fingerprint density at radius 2 is 2.13 bits per heavy atom. The van der Waals surface area contributed by atoms with Gasteiger partial charge in [0.1, 0.15) is 6.54 Å². The van der Waals surface area contributed by atoms with Crippen molar-refractivity contribution >= 4 is 21.6 Å².